The Labute approximate surface area is 220 Å². The van der Waals surface area contributed by atoms with Crippen molar-refractivity contribution >= 4 is 11.6 Å². The van der Waals surface area contributed by atoms with E-state index in [0.717, 1.165) is 42.0 Å². The van der Waals surface area contributed by atoms with E-state index in [0.29, 0.717) is 36.3 Å². The first-order valence-electron chi connectivity index (χ1n) is 12.7. The van der Waals surface area contributed by atoms with Gasteiger partial charge in [0.2, 0.25) is 0 Å². The monoisotopic (exact) mass is 510 g/mol. The van der Waals surface area contributed by atoms with Gasteiger partial charge in [0.25, 0.3) is 0 Å². The maximum Gasteiger partial charge on any atom is 0.142 e. The van der Waals surface area contributed by atoms with Crippen LogP contribution in [-0.4, -0.2) is 26.8 Å². The minimum atomic E-state index is 0.350. The number of unbranched alkanes of at least 4 members (excludes halogenated alkanes) is 1. The molecule has 3 N–H and O–H groups in total. The van der Waals surface area contributed by atoms with Gasteiger partial charge in [-0.2, -0.15) is 0 Å². The van der Waals surface area contributed by atoms with Gasteiger partial charge in [-0.05, 0) is 79.7 Å². The molecule has 0 saturated heterocycles. The Bertz CT molecular complexity index is 1130. The lowest BCUT2D eigenvalue weighted by Gasteiger charge is -2.17. The molecule has 36 heavy (non-hydrogen) atoms. The van der Waals surface area contributed by atoms with Crippen LogP contribution in [-0.2, 0) is 13.2 Å². The van der Waals surface area contributed by atoms with Crippen LogP contribution in [0.1, 0.15) is 48.4 Å². The van der Waals surface area contributed by atoms with Crippen molar-refractivity contribution in [2.75, 3.05) is 26.8 Å². The molecule has 3 aromatic rings. The largest absolute Gasteiger partial charge is 0.496 e. The van der Waals surface area contributed by atoms with Gasteiger partial charge < -0.3 is 25.3 Å². The average Bonchev–Trinajstić information content (AvgIpc) is 2.89. The molecule has 0 heterocycles. The first-order valence-corrected chi connectivity index (χ1v) is 13.1. The molecule has 0 bridgehead atoms. The first kappa shape index (κ1) is 27.9. The number of rotatable bonds is 14. The Morgan fingerprint density at radius 3 is 2.28 bits per heavy atom. The molecule has 0 fully saturated rings. The highest BCUT2D eigenvalue weighted by molar-refractivity contribution is 6.32. The van der Waals surface area contributed by atoms with E-state index >= 15 is 0 Å². The van der Waals surface area contributed by atoms with Crippen LogP contribution in [0, 0.1) is 13.8 Å². The second-order valence-corrected chi connectivity index (χ2v) is 9.32. The summed E-state index contributed by atoms with van der Waals surface area (Å²) < 4.78 is 17.7. The van der Waals surface area contributed by atoms with E-state index in [-0.39, 0.29) is 0 Å². The molecule has 0 aliphatic rings. The number of halogens is 1. The summed E-state index contributed by atoms with van der Waals surface area (Å²) >= 11 is 6.44. The van der Waals surface area contributed by atoms with Crippen molar-refractivity contribution < 1.29 is 14.2 Å². The number of nitrogens with one attached hydrogen (secondary N) is 1. The third kappa shape index (κ3) is 7.16. The molecular weight excluding hydrogens is 472 g/mol. The van der Waals surface area contributed by atoms with Crippen LogP contribution in [0.25, 0.3) is 11.1 Å². The smallest absolute Gasteiger partial charge is 0.142 e. The van der Waals surface area contributed by atoms with Crippen molar-refractivity contribution in [2.45, 2.75) is 53.2 Å². The quantitative estimate of drug-likeness (QED) is 0.233. The fourth-order valence-corrected chi connectivity index (χ4v) is 4.43. The van der Waals surface area contributed by atoms with E-state index in [1.165, 1.54) is 29.5 Å². The van der Waals surface area contributed by atoms with Crippen LogP contribution in [0.5, 0.6) is 17.2 Å². The van der Waals surface area contributed by atoms with Crippen molar-refractivity contribution in [3.05, 3.63) is 75.8 Å². The molecule has 3 aromatic carbocycles. The number of nitrogens with two attached hydrogens (primary N) is 1. The van der Waals surface area contributed by atoms with E-state index in [2.05, 4.69) is 56.4 Å². The highest BCUT2D eigenvalue weighted by Crippen LogP contribution is 2.35. The summed E-state index contributed by atoms with van der Waals surface area (Å²) in [7, 11) is 1.62. The van der Waals surface area contributed by atoms with E-state index in [4.69, 9.17) is 31.5 Å². The van der Waals surface area contributed by atoms with Gasteiger partial charge in [-0.15, -0.1) is 0 Å². The number of ether oxygens (including phenoxy) is 3. The third-order valence-corrected chi connectivity index (χ3v) is 6.72. The summed E-state index contributed by atoms with van der Waals surface area (Å²) in [4.78, 5) is 0. The van der Waals surface area contributed by atoms with Crippen LogP contribution in [0.4, 0.5) is 0 Å². The topological polar surface area (TPSA) is 65.7 Å². The summed E-state index contributed by atoms with van der Waals surface area (Å²) in [6.07, 6.45) is 3.42. The second kappa shape index (κ2) is 14.1. The summed E-state index contributed by atoms with van der Waals surface area (Å²) in [5.74, 6) is 2.18. The van der Waals surface area contributed by atoms with Crippen LogP contribution in [0.15, 0.2) is 48.5 Å². The van der Waals surface area contributed by atoms with Crippen LogP contribution in [0.2, 0.25) is 5.02 Å². The number of hydrogen-bond acceptors (Lipinski definition) is 5. The molecule has 0 atom stereocenters. The maximum atomic E-state index is 6.44. The maximum absolute atomic E-state index is 6.44. The Hall–Kier alpha value is -2.73. The van der Waals surface area contributed by atoms with Gasteiger partial charge in [-0.25, -0.2) is 0 Å². The summed E-state index contributed by atoms with van der Waals surface area (Å²) in [6, 6.07) is 16.2. The van der Waals surface area contributed by atoms with Crippen LogP contribution < -0.4 is 25.3 Å². The lowest BCUT2D eigenvalue weighted by molar-refractivity contribution is 0.303. The fourth-order valence-electron chi connectivity index (χ4n) is 4.19. The fraction of sp³-hybridized carbons (Fsp3) is 0.400. The molecule has 0 saturated carbocycles. The van der Waals surface area contributed by atoms with Gasteiger partial charge >= 0.3 is 0 Å². The molecule has 0 amide bonds. The van der Waals surface area contributed by atoms with E-state index in [1.807, 2.05) is 6.07 Å². The van der Waals surface area contributed by atoms with Crippen molar-refractivity contribution in [1.82, 2.24) is 5.32 Å². The molecule has 0 aliphatic carbocycles. The molecule has 0 radical (unpaired) electrons. The lowest BCUT2D eigenvalue weighted by Crippen LogP contribution is -2.18. The highest BCUT2D eigenvalue weighted by atomic mass is 35.5. The predicted molar refractivity (Wildman–Crippen MR) is 149 cm³/mol. The molecule has 0 aliphatic heterocycles. The summed E-state index contributed by atoms with van der Waals surface area (Å²) in [5, 5.41) is 3.98. The predicted octanol–water partition coefficient (Wildman–Crippen LogP) is 6.83. The normalized spacial score (nSPS) is 10.9. The number of benzene rings is 3. The van der Waals surface area contributed by atoms with Gasteiger partial charge in [0.05, 0.1) is 18.7 Å². The number of hydrogen-bond donors (Lipinski definition) is 2. The van der Waals surface area contributed by atoms with Crippen molar-refractivity contribution in [2.24, 2.45) is 5.73 Å². The van der Waals surface area contributed by atoms with Gasteiger partial charge in [0.15, 0.2) is 0 Å². The Kier molecular flexibility index (Phi) is 10.9. The lowest BCUT2D eigenvalue weighted by atomic mass is 9.93. The molecule has 0 spiro atoms. The van der Waals surface area contributed by atoms with Gasteiger partial charge in [0.1, 0.15) is 23.9 Å². The Balaban J connectivity index is 1.71. The summed E-state index contributed by atoms with van der Waals surface area (Å²) in [6.45, 7) is 9.95. The minimum absolute atomic E-state index is 0.350. The molecule has 0 aromatic heterocycles. The SMILES string of the molecule is CCCCNCCCOc1cccc(-c2cccc(COc3cc(OC)c(CN)cc3Cl)c2C)c1C. The van der Waals surface area contributed by atoms with Crippen LogP contribution >= 0.6 is 11.6 Å². The molecule has 5 nitrogen and oxygen atoms in total. The van der Waals surface area contributed by atoms with Gasteiger partial charge in [0, 0.05) is 18.2 Å². The van der Waals surface area contributed by atoms with Crippen LogP contribution in [0.3, 0.4) is 0 Å². The highest BCUT2D eigenvalue weighted by Gasteiger charge is 2.14. The first-order chi connectivity index (χ1) is 17.5. The molecule has 0 unspecified atom stereocenters. The van der Waals surface area contributed by atoms with Gasteiger partial charge in [-0.1, -0.05) is 55.3 Å². The van der Waals surface area contributed by atoms with Crippen molar-refractivity contribution in [1.29, 1.82) is 0 Å². The van der Waals surface area contributed by atoms with Crippen molar-refractivity contribution in [3.8, 4) is 28.4 Å². The number of methoxy groups -OCH3 is 1. The molecule has 6 heteroatoms. The zero-order chi connectivity index (χ0) is 25.9. The average molecular weight is 511 g/mol. The second-order valence-electron chi connectivity index (χ2n) is 8.91. The molecule has 194 valence electrons. The summed E-state index contributed by atoms with van der Waals surface area (Å²) in [5.41, 5.74) is 12.4. The zero-order valence-corrected chi connectivity index (χ0v) is 22.7. The van der Waals surface area contributed by atoms with Crippen molar-refractivity contribution in [3.63, 3.8) is 0 Å². The minimum Gasteiger partial charge on any atom is -0.496 e. The zero-order valence-electron chi connectivity index (χ0n) is 22.0. The van der Waals surface area contributed by atoms with E-state index in [1.54, 1.807) is 19.2 Å². The molecular formula is C30H39ClN2O3. The van der Waals surface area contributed by atoms with E-state index in [9.17, 15) is 0 Å². The Morgan fingerprint density at radius 1 is 0.833 bits per heavy atom. The molecule has 3 rings (SSSR count). The van der Waals surface area contributed by atoms with E-state index < -0.39 is 0 Å². The standard InChI is InChI=1S/C30H39ClN2O3/c1-5-6-14-33-15-9-16-35-28-13-8-12-26(22(28)3)25-11-7-10-23(21(25)2)20-36-30-18-29(34-4)24(19-32)17-27(30)31/h7-8,10-13,17-18,33H,5-6,9,14-16,19-20,32H2,1-4H3. The Morgan fingerprint density at radius 2 is 1.56 bits per heavy atom. The van der Waals surface area contributed by atoms with Gasteiger partial charge in [-0.3, -0.25) is 0 Å². The third-order valence-electron chi connectivity index (χ3n) is 6.42.